The summed E-state index contributed by atoms with van der Waals surface area (Å²) in [6.07, 6.45) is 3.99. The highest BCUT2D eigenvalue weighted by molar-refractivity contribution is 5.27. The van der Waals surface area contributed by atoms with E-state index in [4.69, 9.17) is 4.74 Å². The highest BCUT2D eigenvalue weighted by atomic mass is 16.5. The van der Waals surface area contributed by atoms with Crippen molar-refractivity contribution in [1.82, 2.24) is 10.3 Å². The molecular weight excluding hydrogens is 296 g/mol. The van der Waals surface area contributed by atoms with Crippen molar-refractivity contribution in [3.8, 4) is 5.75 Å². The number of rotatable bonds is 6. The van der Waals surface area contributed by atoms with Crippen molar-refractivity contribution >= 4 is 0 Å². The third-order valence-corrected chi connectivity index (χ3v) is 4.74. The number of piperidine rings is 1. The molecule has 24 heavy (non-hydrogen) atoms. The Balaban J connectivity index is 1.69. The van der Waals surface area contributed by atoms with E-state index >= 15 is 0 Å². The van der Waals surface area contributed by atoms with Gasteiger partial charge in [-0.2, -0.15) is 0 Å². The van der Waals surface area contributed by atoms with Gasteiger partial charge in [0.2, 0.25) is 0 Å². The van der Waals surface area contributed by atoms with E-state index < -0.39 is 0 Å². The Bertz CT molecular complexity index is 627. The summed E-state index contributed by atoms with van der Waals surface area (Å²) >= 11 is 0. The summed E-state index contributed by atoms with van der Waals surface area (Å²) in [7, 11) is 0. The molecule has 0 spiro atoms. The predicted octanol–water partition coefficient (Wildman–Crippen LogP) is 4.05. The van der Waals surface area contributed by atoms with Gasteiger partial charge in [0.1, 0.15) is 5.75 Å². The first-order valence-corrected chi connectivity index (χ1v) is 9.06. The van der Waals surface area contributed by atoms with Crippen LogP contribution >= 0.6 is 0 Å². The molecule has 3 heteroatoms. The molecule has 1 aromatic carbocycles. The van der Waals surface area contributed by atoms with E-state index in [9.17, 15) is 0 Å². The van der Waals surface area contributed by atoms with Crippen LogP contribution in [-0.2, 0) is 6.42 Å². The molecule has 1 aliphatic heterocycles. The van der Waals surface area contributed by atoms with E-state index in [1.807, 2.05) is 12.3 Å². The van der Waals surface area contributed by atoms with Gasteiger partial charge >= 0.3 is 0 Å². The van der Waals surface area contributed by atoms with E-state index in [1.165, 1.54) is 12.0 Å². The normalized spacial score (nSPS) is 21.0. The third-order valence-electron chi connectivity index (χ3n) is 4.74. The summed E-state index contributed by atoms with van der Waals surface area (Å²) < 4.78 is 6.23. The summed E-state index contributed by atoms with van der Waals surface area (Å²) in [6, 6.07) is 14.9. The lowest BCUT2D eigenvalue weighted by Gasteiger charge is -2.32. The van der Waals surface area contributed by atoms with Gasteiger partial charge in [-0.1, -0.05) is 44.2 Å². The zero-order valence-electron chi connectivity index (χ0n) is 14.7. The van der Waals surface area contributed by atoms with Crippen LogP contribution in [0.3, 0.4) is 0 Å². The molecule has 2 aromatic rings. The van der Waals surface area contributed by atoms with Crippen LogP contribution < -0.4 is 10.1 Å². The Morgan fingerprint density at radius 3 is 2.79 bits per heavy atom. The maximum Gasteiger partial charge on any atom is 0.140 e. The summed E-state index contributed by atoms with van der Waals surface area (Å²) in [5.74, 6) is 2.59. The molecular formula is C21H28N2O. The minimum absolute atomic E-state index is 0.494. The minimum atomic E-state index is 0.494. The van der Waals surface area contributed by atoms with Crippen molar-refractivity contribution in [2.75, 3.05) is 19.7 Å². The molecule has 1 saturated heterocycles. The highest BCUT2D eigenvalue weighted by Crippen LogP contribution is 2.31. The number of aromatic nitrogens is 1. The Kier molecular flexibility index (Phi) is 5.86. The summed E-state index contributed by atoms with van der Waals surface area (Å²) in [5, 5.41) is 3.52. The van der Waals surface area contributed by atoms with Gasteiger partial charge in [0, 0.05) is 18.7 Å². The van der Waals surface area contributed by atoms with Crippen LogP contribution in [-0.4, -0.2) is 24.7 Å². The second-order valence-corrected chi connectivity index (χ2v) is 7.13. The molecule has 1 N–H and O–H groups in total. The molecule has 3 nitrogen and oxygen atoms in total. The SMILES string of the molecule is CC(C)Cc1ncccc1OC[C@@H]1CNCC[C@H]1c1ccccc1. The second kappa shape index (κ2) is 8.29. The van der Waals surface area contributed by atoms with Crippen molar-refractivity contribution in [2.24, 2.45) is 11.8 Å². The topological polar surface area (TPSA) is 34.1 Å². The largest absolute Gasteiger partial charge is 0.491 e. The molecule has 0 saturated carbocycles. The summed E-state index contributed by atoms with van der Waals surface area (Å²) in [4.78, 5) is 4.52. The Hall–Kier alpha value is -1.87. The van der Waals surface area contributed by atoms with Crippen LogP contribution in [0.2, 0.25) is 0 Å². The average Bonchev–Trinajstić information content (AvgIpc) is 2.61. The second-order valence-electron chi connectivity index (χ2n) is 7.13. The van der Waals surface area contributed by atoms with Crippen LogP contribution in [0.4, 0.5) is 0 Å². The zero-order valence-corrected chi connectivity index (χ0v) is 14.7. The molecule has 1 aliphatic rings. The van der Waals surface area contributed by atoms with Gasteiger partial charge in [0.25, 0.3) is 0 Å². The highest BCUT2D eigenvalue weighted by Gasteiger charge is 2.27. The summed E-state index contributed by atoms with van der Waals surface area (Å²) in [6.45, 7) is 7.27. The van der Waals surface area contributed by atoms with Crippen molar-refractivity contribution in [3.05, 3.63) is 59.9 Å². The van der Waals surface area contributed by atoms with E-state index in [0.29, 0.717) is 17.8 Å². The van der Waals surface area contributed by atoms with Crippen LogP contribution in [0.1, 0.15) is 37.4 Å². The first-order valence-electron chi connectivity index (χ1n) is 9.06. The standard InChI is InChI=1S/C21H28N2O/c1-16(2)13-20-21(9-6-11-23-20)24-15-18-14-22-12-10-19(18)17-7-4-3-5-8-17/h3-9,11,16,18-19,22H,10,12-15H2,1-2H3/t18-,19-/m0/s1. The first-order chi connectivity index (χ1) is 11.7. The monoisotopic (exact) mass is 324 g/mol. The van der Waals surface area contributed by atoms with Crippen LogP contribution in [0.5, 0.6) is 5.75 Å². The van der Waals surface area contributed by atoms with Gasteiger partial charge in [0.15, 0.2) is 0 Å². The molecule has 2 atom stereocenters. The van der Waals surface area contributed by atoms with E-state index in [-0.39, 0.29) is 0 Å². The van der Waals surface area contributed by atoms with Gasteiger partial charge in [-0.3, -0.25) is 4.98 Å². The average molecular weight is 324 g/mol. The predicted molar refractivity (Wildman–Crippen MR) is 98.4 cm³/mol. The maximum absolute atomic E-state index is 6.23. The van der Waals surface area contributed by atoms with Crippen LogP contribution in [0.15, 0.2) is 48.7 Å². The quantitative estimate of drug-likeness (QED) is 0.870. The molecule has 0 radical (unpaired) electrons. The van der Waals surface area contributed by atoms with E-state index in [1.54, 1.807) is 0 Å². The van der Waals surface area contributed by atoms with Gasteiger partial charge in [-0.25, -0.2) is 0 Å². The van der Waals surface area contributed by atoms with Crippen LogP contribution in [0, 0.1) is 11.8 Å². The molecule has 0 amide bonds. The smallest absolute Gasteiger partial charge is 0.140 e. The fourth-order valence-electron chi connectivity index (χ4n) is 3.53. The van der Waals surface area contributed by atoms with Gasteiger partial charge in [-0.15, -0.1) is 0 Å². The fraction of sp³-hybridized carbons (Fsp3) is 0.476. The number of benzene rings is 1. The lowest BCUT2D eigenvalue weighted by molar-refractivity contribution is 0.194. The molecule has 3 rings (SSSR count). The molecule has 1 fully saturated rings. The van der Waals surface area contributed by atoms with Crippen molar-refractivity contribution in [3.63, 3.8) is 0 Å². The molecule has 1 aromatic heterocycles. The molecule has 2 heterocycles. The lowest BCUT2D eigenvalue weighted by atomic mass is 9.81. The number of ether oxygens (including phenoxy) is 1. The molecule has 0 bridgehead atoms. The number of hydrogen-bond acceptors (Lipinski definition) is 3. The van der Waals surface area contributed by atoms with Crippen molar-refractivity contribution in [1.29, 1.82) is 0 Å². The van der Waals surface area contributed by atoms with E-state index in [2.05, 4.69) is 60.5 Å². The fourth-order valence-corrected chi connectivity index (χ4v) is 3.53. The molecule has 128 valence electrons. The Morgan fingerprint density at radius 2 is 2.00 bits per heavy atom. The number of hydrogen-bond donors (Lipinski definition) is 1. The van der Waals surface area contributed by atoms with E-state index in [0.717, 1.165) is 37.6 Å². The number of nitrogens with one attached hydrogen (secondary N) is 1. The Labute approximate surface area is 145 Å². The van der Waals surface area contributed by atoms with Crippen LogP contribution in [0.25, 0.3) is 0 Å². The molecule has 0 aliphatic carbocycles. The van der Waals surface area contributed by atoms with Gasteiger partial charge in [-0.05, 0) is 48.9 Å². The third kappa shape index (κ3) is 4.35. The number of nitrogens with zero attached hydrogens (tertiary/aromatic N) is 1. The first kappa shape index (κ1) is 17.0. The zero-order chi connectivity index (χ0) is 16.8. The molecule has 0 unspecified atom stereocenters. The number of pyridine rings is 1. The lowest BCUT2D eigenvalue weighted by Crippen LogP contribution is -2.38. The van der Waals surface area contributed by atoms with Gasteiger partial charge in [0.05, 0.1) is 12.3 Å². The maximum atomic E-state index is 6.23. The Morgan fingerprint density at radius 1 is 1.17 bits per heavy atom. The van der Waals surface area contributed by atoms with Crippen molar-refractivity contribution in [2.45, 2.75) is 32.6 Å². The van der Waals surface area contributed by atoms with Crippen molar-refractivity contribution < 1.29 is 4.74 Å². The summed E-state index contributed by atoms with van der Waals surface area (Å²) in [5.41, 5.74) is 2.51. The van der Waals surface area contributed by atoms with Gasteiger partial charge < -0.3 is 10.1 Å². The minimum Gasteiger partial charge on any atom is -0.491 e.